The predicted molar refractivity (Wildman–Crippen MR) is 414 cm³/mol. The first-order valence-electron chi connectivity index (χ1n) is 37.1. The van der Waals surface area contributed by atoms with Gasteiger partial charge in [-0.05, 0) is 106 Å². The molecule has 8 heterocycles. The molecule has 0 fully saturated rings. The van der Waals surface area contributed by atoms with Crippen molar-refractivity contribution >= 4 is 98.9 Å². The maximum absolute atomic E-state index is 14.3. The molecule has 8 aromatic rings. The molecule has 34 heteroatoms. The van der Waals surface area contributed by atoms with Crippen LogP contribution in [-0.4, -0.2) is 205 Å². The summed E-state index contributed by atoms with van der Waals surface area (Å²) < 4.78 is 28.6. The zero-order valence-corrected chi connectivity index (χ0v) is 65.7. The quantitative estimate of drug-likeness (QED) is 0.0193. The number of unbranched alkanes of at least 4 members (excludes halogenated alkanes) is 2. The minimum Gasteiger partial charge on any atom is -0.379 e. The summed E-state index contributed by atoms with van der Waals surface area (Å²) in [5.41, 5.74) is 4.33. The largest absolute Gasteiger partial charge is 0.379 e. The van der Waals surface area contributed by atoms with E-state index in [1.807, 2.05) is 14.1 Å². The third kappa shape index (κ3) is 25.2. The van der Waals surface area contributed by atoms with E-state index in [0.717, 1.165) is 19.4 Å². The first-order chi connectivity index (χ1) is 53.3. The minimum atomic E-state index is -1.15. The van der Waals surface area contributed by atoms with E-state index in [0.29, 0.717) is 105 Å². The molecule has 6 N–H and O–H groups in total. The fourth-order valence-electron chi connectivity index (χ4n) is 12.6. The van der Waals surface area contributed by atoms with Crippen LogP contribution in [0.3, 0.4) is 0 Å². The van der Waals surface area contributed by atoms with Gasteiger partial charge in [0.15, 0.2) is 46.4 Å². The number of Topliss-reactive ketones (excluding diaryl/α,β-unsaturated/α-hetero) is 7. The number of aromatic nitrogens is 11. The van der Waals surface area contributed by atoms with Gasteiger partial charge in [0.2, 0.25) is 29.2 Å². The van der Waals surface area contributed by atoms with E-state index in [-0.39, 0.29) is 151 Å². The number of ether oxygens (including phenoxy) is 3. The number of anilines is 4. The van der Waals surface area contributed by atoms with Gasteiger partial charge < -0.3 is 87.5 Å². The number of aryl methyl sites for hydroxylation is 8. The van der Waals surface area contributed by atoms with Crippen molar-refractivity contribution < 1.29 is 76.5 Å². The maximum Gasteiger partial charge on any atom is 0.292 e. The van der Waals surface area contributed by atoms with Gasteiger partial charge in [0, 0.05) is 177 Å². The van der Waals surface area contributed by atoms with E-state index in [1.165, 1.54) is 73.7 Å². The monoisotopic (exact) mass is 1550 g/mol. The van der Waals surface area contributed by atoms with Crippen LogP contribution in [0.2, 0.25) is 0 Å². The van der Waals surface area contributed by atoms with Crippen molar-refractivity contribution in [3.63, 3.8) is 0 Å². The lowest BCUT2D eigenvalue weighted by atomic mass is 10.0. The molecule has 0 aliphatic carbocycles. The summed E-state index contributed by atoms with van der Waals surface area (Å²) in [6.45, 7) is 5.58. The molecule has 34 nitrogen and oxygen atoms in total. The van der Waals surface area contributed by atoms with Gasteiger partial charge in [0.05, 0.1) is 73.0 Å². The van der Waals surface area contributed by atoms with Crippen molar-refractivity contribution in [2.24, 2.45) is 56.4 Å². The highest BCUT2D eigenvalue weighted by Crippen LogP contribution is 2.23. The van der Waals surface area contributed by atoms with Crippen molar-refractivity contribution in [2.45, 2.75) is 116 Å². The fourth-order valence-corrected chi connectivity index (χ4v) is 12.6. The number of rotatable bonds is 48. The van der Waals surface area contributed by atoms with Crippen LogP contribution in [0.15, 0.2) is 79.9 Å². The lowest BCUT2D eigenvalue weighted by Gasteiger charge is -2.18. The van der Waals surface area contributed by atoms with Crippen LogP contribution in [0.4, 0.5) is 23.0 Å². The second-order valence-corrected chi connectivity index (χ2v) is 28.1. The van der Waals surface area contributed by atoms with Crippen LogP contribution >= 0.6 is 0 Å². The number of nitrogens with one attached hydrogen (secondary N) is 6. The van der Waals surface area contributed by atoms with Crippen molar-refractivity contribution in [1.82, 2.24) is 67.0 Å². The second kappa shape index (κ2) is 40.9. The Kier molecular flexibility index (Phi) is 31.4. The molecule has 0 unspecified atom stereocenters. The van der Waals surface area contributed by atoms with Crippen LogP contribution in [0, 0.1) is 0 Å². The highest BCUT2D eigenvalue weighted by molar-refractivity contribution is 6.07. The first-order valence-corrected chi connectivity index (χ1v) is 37.1. The summed E-state index contributed by atoms with van der Waals surface area (Å²) in [6.07, 6.45) is 16.4. The van der Waals surface area contributed by atoms with E-state index >= 15 is 0 Å². The third-order valence-electron chi connectivity index (χ3n) is 18.3. The summed E-state index contributed by atoms with van der Waals surface area (Å²) in [6, 6.07) is 6.85. The molecular formula is C78H102N18O16. The Balaban J connectivity index is 0.845. The Labute approximate surface area is 648 Å². The summed E-state index contributed by atoms with van der Waals surface area (Å²) in [5, 5.41) is 16.2. The van der Waals surface area contributed by atoms with Crippen molar-refractivity contribution in [2.75, 3.05) is 88.1 Å². The number of ketones is 7. The van der Waals surface area contributed by atoms with Crippen LogP contribution in [0.1, 0.15) is 191 Å². The Hall–Kier alpha value is -11.6. The number of hydrogen-bond donors (Lipinski definition) is 6. The molecule has 0 aliphatic rings. The lowest BCUT2D eigenvalue weighted by Crippen LogP contribution is -2.44. The molecule has 6 amide bonds. The number of amides is 6. The number of nitrogens with zero attached hydrogens (tertiary/aromatic N) is 12. The fraction of sp³-hybridized carbons (Fsp3) is 0.462. The molecule has 0 aliphatic heterocycles. The van der Waals surface area contributed by atoms with Gasteiger partial charge in [-0.2, -0.15) is 0 Å². The Morgan fingerprint density at radius 1 is 0.429 bits per heavy atom. The average molecular weight is 1550 g/mol. The van der Waals surface area contributed by atoms with Crippen molar-refractivity contribution in [3.8, 4) is 0 Å². The zero-order valence-electron chi connectivity index (χ0n) is 65.7. The Morgan fingerprint density at radius 2 is 0.902 bits per heavy atom. The SMILES string of the molecule is CCC(=O)COCCOCCOCCCC(=O)CCCCC(=O)N[C@H](CCNC(=O)c1cc(NC(=O)c2nc(NC(=O)c3nc(NC(=O)c4cc(NC(C)=O)cn4C)cn3C)cn2C)cn1C)C(=O)Cc1cn(C)c(C(=O)Cc2cc(C(=O)Cc3cc(C(=O)Cc4cc(C(=O)CCCCN(C)C)n(C)c4)n(C)c3)n(C)c2)n1. The van der Waals surface area contributed by atoms with Gasteiger partial charge in [-0.25, -0.2) is 15.0 Å². The number of carbonyl (C=O) groups is 13. The Morgan fingerprint density at radius 3 is 1.46 bits per heavy atom. The molecule has 8 aromatic heterocycles. The molecule has 112 heavy (non-hydrogen) atoms. The number of carbonyl (C=O) groups excluding carboxylic acids is 13. The maximum atomic E-state index is 14.3. The normalized spacial score (nSPS) is 11.6. The number of imidazole rings is 3. The van der Waals surface area contributed by atoms with E-state index in [4.69, 9.17) is 14.2 Å². The molecule has 0 saturated heterocycles. The van der Waals surface area contributed by atoms with E-state index in [9.17, 15) is 62.3 Å². The summed E-state index contributed by atoms with van der Waals surface area (Å²) in [4.78, 5) is 187. The van der Waals surface area contributed by atoms with Crippen LogP contribution < -0.4 is 31.9 Å². The van der Waals surface area contributed by atoms with Gasteiger partial charge in [0.1, 0.15) is 23.8 Å². The van der Waals surface area contributed by atoms with Crippen LogP contribution in [-0.2, 0) is 120 Å². The lowest BCUT2D eigenvalue weighted by molar-refractivity contribution is -0.127. The van der Waals surface area contributed by atoms with Gasteiger partial charge in [0.25, 0.3) is 23.6 Å². The van der Waals surface area contributed by atoms with Gasteiger partial charge in [-0.15, -0.1) is 0 Å². The highest BCUT2D eigenvalue weighted by atomic mass is 16.5. The first kappa shape index (κ1) is 86.0. The highest BCUT2D eigenvalue weighted by Gasteiger charge is 2.28. The van der Waals surface area contributed by atoms with Crippen molar-refractivity contribution in [3.05, 3.63) is 148 Å². The number of hydrogen-bond acceptors (Lipinski definition) is 20. The van der Waals surface area contributed by atoms with Gasteiger partial charge in [-0.1, -0.05) is 6.92 Å². The average Bonchev–Trinajstić information content (AvgIpc) is 1.68. The third-order valence-corrected chi connectivity index (χ3v) is 18.3. The standard InChI is InChI=1S/C78H102N18O16/c1-13-56(98)48-112-30-29-111-28-27-110-26-18-20-57(99)19-14-15-22-71(105)83-58(23-24-79-75(106)62-38-54(44-92(62)8)82-77(108)73-85-70(47-95(73)11)87-78(109)74-84-69(46-96(74)12)86-76(107)63-37-53(43-93(63)9)80-49(2)97)65(101)39-55-45-94(10)72(81-55)68(104)36-52-33-61(91(7)42-52)67(103)35-51-32-60(90(6)41-51)66(102)34-50-31-59(89(5)40-50)64(100)21-16-17-25-88(3)4/h31-33,37-38,40-47,58H,13-30,34-36,39,48H2,1-12H3,(H,79,106)(H,80,97)(H,82,108)(H,83,105)(H,86,107)(H,87,109)/t58-/m1/s1. The summed E-state index contributed by atoms with van der Waals surface area (Å²) in [7, 11) is 17.1. The molecule has 0 bridgehead atoms. The minimum absolute atomic E-state index is 0.00412. The molecular weight excluding hydrogens is 1440 g/mol. The van der Waals surface area contributed by atoms with E-state index in [2.05, 4.69) is 51.8 Å². The molecule has 0 aromatic carbocycles. The topological polar surface area (TPSA) is 403 Å². The second-order valence-electron chi connectivity index (χ2n) is 28.1. The smallest absolute Gasteiger partial charge is 0.292 e. The van der Waals surface area contributed by atoms with Crippen LogP contribution in [0.5, 0.6) is 0 Å². The molecule has 0 spiro atoms. The van der Waals surface area contributed by atoms with Gasteiger partial charge >= 0.3 is 0 Å². The van der Waals surface area contributed by atoms with Crippen molar-refractivity contribution in [1.29, 1.82) is 0 Å². The molecule has 0 radical (unpaired) electrons. The van der Waals surface area contributed by atoms with Gasteiger partial charge in [-0.3, -0.25) is 62.3 Å². The van der Waals surface area contributed by atoms with E-state index < -0.39 is 47.1 Å². The van der Waals surface area contributed by atoms with E-state index in [1.54, 1.807) is 113 Å². The summed E-state index contributed by atoms with van der Waals surface area (Å²) in [5.74, 6) is -4.71. The molecule has 600 valence electrons. The Bertz CT molecular complexity index is 4760. The summed E-state index contributed by atoms with van der Waals surface area (Å²) >= 11 is 0. The molecule has 1 atom stereocenters. The molecule has 8 rings (SSSR count). The molecule has 0 saturated carbocycles. The van der Waals surface area contributed by atoms with Crippen LogP contribution in [0.25, 0.3) is 0 Å². The zero-order chi connectivity index (χ0) is 81.5. The predicted octanol–water partition coefficient (Wildman–Crippen LogP) is 5.84.